The van der Waals surface area contributed by atoms with Gasteiger partial charge in [-0.3, -0.25) is 14.4 Å². The molecule has 6 heteroatoms. The number of ether oxygens (including phenoxy) is 3. The van der Waals surface area contributed by atoms with Crippen LogP contribution in [0.4, 0.5) is 0 Å². The van der Waals surface area contributed by atoms with Gasteiger partial charge in [-0.2, -0.15) is 0 Å². The molecule has 0 aromatic carbocycles. The average molecular weight is 1070 g/mol. The molecule has 1 atom stereocenters. The van der Waals surface area contributed by atoms with Crippen molar-refractivity contribution in [3.8, 4) is 0 Å². The summed E-state index contributed by atoms with van der Waals surface area (Å²) < 4.78 is 16.9. The van der Waals surface area contributed by atoms with E-state index in [-0.39, 0.29) is 31.1 Å². The zero-order valence-corrected chi connectivity index (χ0v) is 51.6. The number of carbonyl (C=O) groups is 3. The van der Waals surface area contributed by atoms with Gasteiger partial charge in [0.05, 0.1) is 0 Å². The SMILES string of the molecule is CCCCCCC/C=C\C/C=C\CCCCCCCCCCCCCCCCCC(=O)OCC(COC(=O)CCCCCCCCCCC)OC(=O)CCCCCCCCCCCCCCCCCCCCCCCC. The van der Waals surface area contributed by atoms with E-state index in [1.54, 1.807) is 0 Å². The average Bonchev–Trinajstić information content (AvgIpc) is 3.42. The van der Waals surface area contributed by atoms with Crippen LogP contribution in [-0.2, 0) is 28.6 Å². The molecule has 0 fully saturated rings. The fourth-order valence-electron chi connectivity index (χ4n) is 10.5. The Labute approximate surface area is 474 Å². The second-order valence-electron chi connectivity index (χ2n) is 23.5. The lowest BCUT2D eigenvalue weighted by Crippen LogP contribution is -2.30. The van der Waals surface area contributed by atoms with Crippen molar-refractivity contribution in [2.45, 2.75) is 393 Å². The second-order valence-corrected chi connectivity index (χ2v) is 23.5. The van der Waals surface area contributed by atoms with E-state index in [1.807, 2.05) is 0 Å². The summed E-state index contributed by atoms with van der Waals surface area (Å²) in [5.41, 5.74) is 0. The van der Waals surface area contributed by atoms with Gasteiger partial charge in [0.15, 0.2) is 6.10 Å². The third-order valence-electron chi connectivity index (χ3n) is 15.7. The van der Waals surface area contributed by atoms with Gasteiger partial charge in [0.1, 0.15) is 13.2 Å². The van der Waals surface area contributed by atoms with Crippen LogP contribution < -0.4 is 0 Å². The minimum absolute atomic E-state index is 0.0645. The van der Waals surface area contributed by atoms with Crippen molar-refractivity contribution < 1.29 is 28.6 Å². The lowest BCUT2D eigenvalue weighted by molar-refractivity contribution is -0.167. The molecule has 0 rings (SSSR count). The number of hydrogen-bond acceptors (Lipinski definition) is 6. The highest BCUT2D eigenvalue weighted by atomic mass is 16.6. The number of hydrogen-bond donors (Lipinski definition) is 0. The molecule has 0 saturated heterocycles. The Morgan fingerprint density at radius 1 is 0.263 bits per heavy atom. The van der Waals surface area contributed by atoms with Crippen LogP contribution in [0.3, 0.4) is 0 Å². The molecule has 0 spiro atoms. The maximum Gasteiger partial charge on any atom is 0.306 e. The summed E-state index contributed by atoms with van der Waals surface area (Å²) in [4.78, 5) is 38.2. The molecule has 6 nitrogen and oxygen atoms in total. The molecule has 0 aromatic rings. The Balaban J connectivity index is 4.11. The third-order valence-corrected chi connectivity index (χ3v) is 15.7. The van der Waals surface area contributed by atoms with Crippen LogP contribution in [0.2, 0.25) is 0 Å². The van der Waals surface area contributed by atoms with Gasteiger partial charge in [0, 0.05) is 19.3 Å². The minimum atomic E-state index is -0.766. The van der Waals surface area contributed by atoms with Crippen LogP contribution in [0, 0.1) is 0 Å². The van der Waals surface area contributed by atoms with E-state index in [0.717, 1.165) is 64.2 Å². The van der Waals surface area contributed by atoms with E-state index in [0.29, 0.717) is 19.3 Å². The number of rotatable bonds is 64. The molecule has 0 N–H and O–H groups in total. The van der Waals surface area contributed by atoms with Gasteiger partial charge in [-0.05, 0) is 51.4 Å². The van der Waals surface area contributed by atoms with Gasteiger partial charge >= 0.3 is 17.9 Å². The zero-order valence-electron chi connectivity index (χ0n) is 51.6. The number of esters is 3. The minimum Gasteiger partial charge on any atom is -0.462 e. The normalized spacial score (nSPS) is 12.1. The Morgan fingerprint density at radius 2 is 0.474 bits per heavy atom. The van der Waals surface area contributed by atoms with E-state index in [9.17, 15) is 14.4 Å². The molecule has 0 aliphatic rings. The monoisotopic (exact) mass is 1070 g/mol. The van der Waals surface area contributed by atoms with Gasteiger partial charge in [0.25, 0.3) is 0 Å². The predicted octanol–water partition coefficient (Wildman–Crippen LogP) is 23.4. The molecule has 0 saturated carbocycles. The first-order chi connectivity index (χ1) is 37.5. The number of allylic oxidation sites excluding steroid dienone is 4. The molecule has 0 amide bonds. The van der Waals surface area contributed by atoms with Crippen molar-refractivity contribution in [3.63, 3.8) is 0 Å². The smallest absolute Gasteiger partial charge is 0.306 e. The quantitative estimate of drug-likeness (QED) is 0.0261. The molecular formula is C70H132O6. The topological polar surface area (TPSA) is 78.9 Å². The van der Waals surface area contributed by atoms with E-state index >= 15 is 0 Å². The highest BCUT2D eigenvalue weighted by Gasteiger charge is 2.19. The molecule has 0 aromatic heterocycles. The highest BCUT2D eigenvalue weighted by Crippen LogP contribution is 2.18. The molecule has 0 radical (unpaired) electrons. The Kier molecular flexibility index (Phi) is 63.6. The van der Waals surface area contributed by atoms with Gasteiger partial charge in [0.2, 0.25) is 0 Å². The lowest BCUT2D eigenvalue weighted by atomic mass is 10.0. The first kappa shape index (κ1) is 73.9. The summed E-state index contributed by atoms with van der Waals surface area (Å²) in [5, 5.41) is 0. The van der Waals surface area contributed by atoms with Crippen molar-refractivity contribution in [2.24, 2.45) is 0 Å². The lowest BCUT2D eigenvalue weighted by Gasteiger charge is -2.18. The van der Waals surface area contributed by atoms with Crippen molar-refractivity contribution >= 4 is 17.9 Å². The third kappa shape index (κ3) is 62.7. The summed E-state index contributed by atoms with van der Waals surface area (Å²) in [6.45, 7) is 6.69. The standard InChI is InChI=1S/C70H132O6/c1-4-7-10-13-16-19-21-23-25-27-29-31-33-34-35-36-37-39-40-42-44-46-48-51-54-57-60-63-69(72)75-66-67(65-74-68(71)62-59-56-53-50-18-15-12-9-6-3)76-70(73)64-61-58-55-52-49-47-45-43-41-38-32-30-28-26-24-22-20-17-14-11-8-5-2/h21,23,27,29,67H,4-20,22,24-26,28,30-66H2,1-3H3/b23-21-,29-27-. The molecule has 76 heavy (non-hydrogen) atoms. The van der Waals surface area contributed by atoms with E-state index < -0.39 is 6.10 Å². The summed E-state index contributed by atoms with van der Waals surface area (Å²) in [6, 6.07) is 0. The van der Waals surface area contributed by atoms with Gasteiger partial charge in [-0.25, -0.2) is 0 Å². The largest absolute Gasteiger partial charge is 0.462 e. The van der Waals surface area contributed by atoms with Gasteiger partial charge < -0.3 is 14.2 Å². The molecule has 0 aliphatic carbocycles. The maximum atomic E-state index is 12.9. The summed E-state index contributed by atoms with van der Waals surface area (Å²) in [6.07, 6.45) is 79.3. The van der Waals surface area contributed by atoms with Crippen LogP contribution in [0.15, 0.2) is 24.3 Å². The highest BCUT2D eigenvalue weighted by molar-refractivity contribution is 5.71. The summed E-state index contributed by atoms with van der Waals surface area (Å²) in [7, 11) is 0. The number of carbonyl (C=O) groups excluding carboxylic acids is 3. The van der Waals surface area contributed by atoms with E-state index in [2.05, 4.69) is 45.1 Å². The first-order valence-electron chi connectivity index (χ1n) is 34.3. The second kappa shape index (κ2) is 65.4. The zero-order chi connectivity index (χ0) is 55.0. The van der Waals surface area contributed by atoms with Gasteiger partial charge in [-0.15, -0.1) is 0 Å². The van der Waals surface area contributed by atoms with Crippen LogP contribution in [0.25, 0.3) is 0 Å². The molecule has 448 valence electrons. The van der Waals surface area contributed by atoms with Crippen molar-refractivity contribution in [2.75, 3.05) is 13.2 Å². The molecule has 0 heterocycles. The van der Waals surface area contributed by atoms with Crippen molar-refractivity contribution in [1.29, 1.82) is 0 Å². The van der Waals surface area contributed by atoms with Crippen LogP contribution in [-0.4, -0.2) is 37.2 Å². The molecular weight excluding hydrogens is 937 g/mol. The first-order valence-corrected chi connectivity index (χ1v) is 34.3. The van der Waals surface area contributed by atoms with E-state index in [1.165, 1.54) is 283 Å². The van der Waals surface area contributed by atoms with Crippen molar-refractivity contribution in [3.05, 3.63) is 24.3 Å². The molecule has 1 unspecified atom stereocenters. The fraction of sp³-hybridized carbons (Fsp3) is 0.900. The van der Waals surface area contributed by atoms with Crippen LogP contribution in [0.5, 0.6) is 0 Å². The maximum absolute atomic E-state index is 12.9. The fourth-order valence-corrected chi connectivity index (χ4v) is 10.5. The summed E-state index contributed by atoms with van der Waals surface area (Å²) >= 11 is 0. The Morgan fingerprint density at radius 3 is 0.724 bits per heavy atom. The Bertz CT molecular complexity index is 1230. The predicted molar refractivity (Wildman–Crippen MR) is 330 cm³/mol. The van der Waals surface area contributed by atoms with E-state index in [4.69, 9.17) is 14.2 Å². The molecule has 0 bridgehead atoms. The van der Waals surface area contributed by atoms with Crippen LogP contribution in [0.1, 0.15) is 387 Å². The molecule has 0 aliphatic heterocycles. The van der Waals surface area contributed by atoms with Crippen LogP contribution >= 0.6 is 0 Å². The van der Waals surface area contributed by atoms with Gasteiger partial charge in [-0.1, -0.05) is 340 Å². The number of unbranched alkanes of at least 4 members (excludes halogenated alkanes) is 49. The Hall–Kier alpha value is -2.11. The van der Waals surface area contributed by atoms with Crippen molar-refractivity contribution in [1.82, 2.24) is 0 Å². The summed E-state index contributed by atoms with van der Waals surface area (Å²) in [5.74, 6) is -0.838.